The van der Waals surface area contributed by atoms with Gasteiger partial charge in [0, 0.05) is 18.4 Å². The molecule has 0 radical (unpaired) electrons. The first-order chi connectivity index (χ1) is 6.24. The first kappa shape index (κ1) is 10.2. The molecule has 1 aromatic rings. The van der Waals surface area contributed by atoms with Gasteiger partial charge in [-0.1, -0.05) is 13.0 Å². The molecule has 2 atom stereocenters. The van der Waals surface area contributed by atoms with Gasteiger partial charge >= 0.3 is 0 Å². The van der Waals surface area contributed by atoms with Gasteiger partial charge in [-0.3, -0.25) is 4.98 Å². The summed E-state index contributed by atoms with van der Waals surface area (Å²) in [5.41, 5.74) is 12.6. The van der Waals surface area contributed by atoms with Gasteiger partial charge in [-0.25, -0.2) is 0 Å². The molecule has 0 saturated heterocycles. The van der Waals surface area contributed by atoms with E-state index in [-0.39, 0.29) is 6.04 Å². The average Bonchev–Trinajstić information content (AvgIpc) is 2.19. The van der Waals surface area contributed by atoms with Gasteiger partial charge in [0.2, 0.25) is 0 Å². The number of hydrogen-bond acceptors (Lipinski definition) is 3. The lowest BCUT2D eigenvalue weighted by molar-refractivity contribution is 0.482. The van der Waals surface area contributed by atoms with Crippen LogP contribution in [0, 0.1) is 5.92 Å². The molecule has 0 aromatic carbocycles. The summed E-state index contributed by atoms with van der Waals surface area (Å²) in [6.45, 7) is 2.80. The number of pyridine rings is 1. The van der Waals surface area contributed by atoms with Gasteiger partial charge in [0.25, 0.3) is 0 Å². The van der Waals surface area contributed by atoms with E-state index in [9.17, 15) is 0 Å². The maximum atomic E-state index is 5.98. The van der Waals surface area contributed by atoms with E-state index >= 15 is 0 Å². The van der Waals surface area contributed by atoms with Crippen molar-refractivity contribution in [3.05, 3.63) is 30.1 Å². The lowest BCUT2D eigenvalue weighted by Crippen LogP contribution is -2.19. The molecule has 0 aliphatic rings. The van der Waals surface area contributed by atoms with Crippen LogP contribution in [0.3, 0.4) is 0 Å². The Morgan fingerprint density at radius 3 is 2.85 bits per heavy atom. The second-order valence-corrected chi connectivity index (χ2v) is 3.47. The van der Waals surface area contributed by atoms with E-state index in [0.29, 0.717) is 12.5 Å². The molecule has 4 N–H and O–H groups in total. The normalized spacial score (nSPS) is 15.3. The van der Waals surface area contributed by atoms with Crippen molar-refractivity contribution in [1.82, 2.24) is 4.98 Å². The number of nitrogens with zero attached hydrogens (tertiary/aromatic N) is 1. The number of aromatic nitrogens is 1. The van der Waals surface area contributed by atoms with Crippen molar-refractivity contribution in [3.63, 3.8) is 0 Å². The molecule has 0 aliphatic carbocycles. The zero-order valence-electron chi connectivity index (χ0n) is 7.98. The van der Waals surface area contributed by atoms with Gasteiger partial charge in [-0.05, 0) is 30.5 Å². The Hall–Kier alpha value is -0.930. The molecule has 13 heavy (non-hydrogen) atoms. The highest BCUT2D eigenvalue weighted by Crippen LogP contribution is 2.16. The van der Waals surface area contributed by atoms with Gasteiger partial charge in [0.1, 0.15) is 0 Å². The highest BCUT2D eigenvalue weighted by atomic mass is 14.7. The molecule has 0 amide bonds. The summed E-state index contributed by atoms with van der Waals surface area (Å²) in [6, 6.07) is 3.97. The summed E-state index contributed by atoms with van der Waals surface area (Å²) in [6.07, 6.45) is 4.48. The summed E-state index contributed by atoms with van der Waals surface area (Å²) < 4.78 is 0. The molecule has 1 aromatic heterocycles. The summed E-state index contributed by atoms with van der Waals surface area (Å²) in [4.78, 5) is 4.03. The van der Waals surface area contributed by atoms with Crippen LogP contribution in [-0.4, -0.2) is 11.5 Å². The van der Waals surface area contributed by atoms with E-state index in [1.165, 1.54) is 0 Å². The zero-order chi connectivity index (χ0) is 9.68. The molecule has 1 rings (SSSR count). The molecule has 2 unspecified atom stereocenters. The third-order valence-electron chi connectivity index (χ3n) is 2.17. The first-order valence-corrected chi connectivity index (χ1v) is 4.59. The Morgan fingerprint density at radius 1 is 1.54 bits per heavy atom. The molecule has 0 saturated carbocycles. The van der Waals surface area contributed by atoms with Gasteiger partial charge in [0.15, 0.2) is 0 Å². The molecular formula is C10H17N3. The van der Waals surface area contributed by atoms with E-state index in [1.807, 2.05) is 18.3 Å². The summed E-state index contributed by atoms with van der Waals surface area (Å²) >= 11 is 0. The molecule has 72 valence electrons. The van der Waals surface area contributed by atoms with E-state index in [4.69, 9.17) is 11.5 Å². The Bertz CT molecular complexity index is 235. The van der Waals surface area contributed by atoms with Crippen molar-refractivity contribution in [1.29, 1.82) is 0 Å². The molecule has 1 heterocycles. The van der Waals surface area contributed by atoms with E-state index < -0.39 is 0 Å². The minimum absolute atomic E-state index is 0.0623. The molecule has 3 heteroatoms. The molecule has 0 aliphatic heterocycles. The van der Waals surface area contributed by atoms with Gasteiger partial charge in [-0.15, -0.1) is 0 Å². The van der Waals surface area contributed by atoms with Gasteiger partial charge in [-0.2, -0.15) is 0 Å². The van der Waals surface area contributed by atoms with Crippen molar-refractivity contribution in [3.8, 4) is 0 Å². The van der Waals surface area contributed by atoms with Crippen molar-refractivity contribution in [2.75, 3.05) is 6.54 Å². The van der Waals surface area contributed by atoms with Crippen LogP contribution in [0.25, 0.3) is 0 Å². The summed E-state index contributed by atoms with van der Waals surface area (Å²) in [5.74, 6) is 0.468. The monoisotopic (exact) mass is 179 g/mol. The van der Waals surface area contributed by atoms with Crippen LogP contribution in [0.5, 0.6) is 0 Å². The molecular weight excluding hydrogens is 162 g/mol. The number of nitrogens with two attached hydrogens (primary N) is 2. The van der Waals surface area contributed by atoms with Gasteiger partial charge < -0.3 is 11.5 Å². The lowest BCUT2D eigenvalue weighted by Gasteiger charge is -2.15. The quantitative estimate of drug-likeness (QED) is 0.726. The summed E-state index contributed by atoms with van der Waals surface area (Å²) in [7, 11) is 0. The highest BCUT2D eigenvalue weighted by molar-refractivity contribution is 5.13. The number of rotatable bonds is 4. The Kier molecular flexibility index (Phi) is 3.86. The van der Waals surface area contributed by atoms with Crippen molar-refractivity contribution < 1.29 is 0 Å². The van der Waals surface area contributed by atoms with Crippen LogP contribution < -0.4 is 11.5 Å². The standard InChI is InChI=1S/C10H17N3/c1-8(6-11)5-10(12)9-3-2-4-13-7-9/h2-4,7-8,10H,5-6,11-12H2,1H3. The van der Waals surface area contributed by atoms with Crippen molar-refractivity contribution in [2.24, 2.45) is 17.4 Å². The largest absolute Gasteiger partial charge is 0.330 e. The number of hydrogen-bond donors (Lipinski definition) is 2. The fourth-order valence-electron chi connectivity index (χ4n) is 1.26. The van der Waals surface area contributed by atoms with E-state index in [1.54, 1.807) is 6.20 Å². The van der Waals surface area contributed by atoms with E-state index in [0.717, 1.165) is 12.0 Å². The topological polar surface area (TPSA) is 64.9 Å². The second-order valence-electron chi connectivity index (χ2n) is 3.47. The van der Waals surface area contributed by atoms with Crippen LogP contribution in [0.1, 0.15) is 24.9 Å². The minimum atomic E-state index is 0.0623. The van der Waals surface area contributed by atoms with E-state index in [2.05, 4.69) is 11.9 Å². The Balaban J connectivity index is 2.53. The fraction of sp³-hybridized carbons (Fsp3) is 0.500. The van der Waals surface area contributed by atoms with Crippen LogP contribution in [0.4, 0.5) is 0 Å². The van der Waals surface area contributed by atoms with Crippen molar-refractivity contribution >= 4 is 0 Å². The lowest BCUT2D eigenvalue weighted by atomic mass is 9.98. The maximum absolute atomic E-state index is 5.98. The molecule has 0 fully saturated rings. The Morgan fingerprint density at radius 2 is 2.31 bits per heavy atom. The predicted octanol–water partition coefficient (Wildman–Crippen LogP) is 1.07. The highest BCUT2D eigenvalue weighted by Gasteiger charge is 2.09. The zero-order valence-corrected chi connectivity index (χ0v) is 7.98. The van der Waals surface area contributed by atoms with Gasteiger partial charge in [0.05, 0.1) is 0 Å². The molecule has 0 bridgehead atoms. The molecule has 3 nitrogen and oxygen atoms in total. The average molecular weight is 179 g/mol. The third-order valence-corrected chi connectivity index (χ3v) is 2.17. The first-order valence-electron chi connectivity index (χ1n) is 4.59. The maximum Gasteiger partial charge on any atom is 0.0315 e. The predicted molar refractivity (Wildman–Crippen MR) is 54.0 cm³/mol. The van der Waals surface area contributed by atoms with Crippen LogP contribution in [-0.2, 0) is 0 Å². The third kappa shape index (κ3) is 3.13. The second kappa shape index (κ2) is 4.94. The van der Waals surface area contributed by atoms with Crippen LogP contribution in [0.2, 0.25) is 0 Å². The fourth-order valence-corrected chi connectivity index (χ4v) is 1.26. The SMILES string of the molecule is CC(CN)CC(N)c1cccnc1. The Labute approximate surface area is 79.2 Å². The van der Waals surface area contributed by atoms with Crippen molar-refractivity contribution in [2.45, 2.75) is 19.4 Å². The summed E-state index contributed by atoms with van der Waals surface area (Å²) in [5, 5.41) is 0. The van der Waals surface area contributed by atoms with Crippen LogP contribution >= 0.6 is 0 Å². The molecule has 0 spiro atoms. The smallest absolute Gasteiger partial charge is 0.0315 e. The minimum Gasteiger partial charge on any atom is -0.330 e. The van der Waals surface area contributed by atoms with Crippen LogP contribution in [0.15, 0.2) is 24.5 Å².